The summed E-state index contributed by atoms with van der Waals surface area (Å²) in [5.41, 5.74) is 0. The fourth-order valence-corrected chi connectivity index (χ4v) is 0.598. The van der Waals surface area contributed by atoms with Gasteiger partial charge in [0.15, 0.2) is 5.75 Å². The zero-order valence-electron chi connectivity index (χ0n) is 7.00. The van der Waals surface area contributed by atoms with Gasteiger partial charge in [0, 0.05) is 0 Å². The van der Waals surface area contributed by atoms with Crippen LogP contribution in [0.3, 0.4) is 0 Å². The van der Waals surface area contributed by atoms with Crippen LogP contribution in [0.2, 0.25) is 0 Å². The smallest absolute Gasteiger partial charge is 0.417 e. The topological polar surface area (TPSA) is 52.1 Å². The summed E-state index contributed by atoms with van der Waals surface area (Å²) >= 11 is 0. The number of carbonyl (C=O) groups excluding carboxylic acids is 1. The summed E-state index contributed by atoms with van der Waals surface area (Å²) in [4.78, 5) is 17.4. The fourth-order valence-electron chi connectivity index (χ4n) is 0.598. The number of ether oxygens (including phenoxy) is 1. The summed E-state index contributed by atoms with van der Waals surface area (Å²) in [7, 11) is 0. The third-order valence-corrected chi connectivity index (χ3v) is 1.20. The quantitative estimate of drug-likeness (QED) is 0.649. The molecule has 76 valence electrons. The third kappa shape index (κ3) is 2.68. The molecular formula is C7H5F3N2O2. The van der Waals surface area contributed by atoms with Crippen LogP contribution in [-0.4, -0.2) is 22.1 Å². The minimum atomic E-state index is -5.01. The van der Waals surface area contributed by atoms with E-state index in [1.807, 2.05) is 0 Å². The Hall–Kier alpha value is -1.66. The lowest BCUT2D eigenvalue weighted by Gasteiger charge is -2.05. The molecule has 0 aliphatic heterocycles. The zero-order valence-corrected chi connectivity index (χ0v) is 7.00. The molecule has 0 unspecified atom stereocenters. The van der Waals surface area contributed by atoms with Gasteiger partial charge in [-0.3, -0.25) is 0 Å². The predicted octanol–water partition coefficient (Wildman–Crippen LogP) is 1.25. The molecule has 0 aliphatic carbocycles. The van der Waals surface area contributed by atoms with Crippen LogP contribution in [0.15, 0.2) is 12.4 Å². The number of halogens is 3. The molecule has 0 atom stereocenters. The molecule has 0 saturated carbocycles. The number of aromatic nitrogens is 2. The maximum absolute atomic E-state index is 11.7. The van der Waals surface area contributed by atoms with E-state index in [9.17, 15) is 18.0 Å². The van der Waals surface area contributed by atoms with Crippen molar-refractivity contribution in [3.8, 4) is 5.75 Å². The molecule has 0 bridgehead atoms. The van der Waals surface area contributed by atoms with Gasteiger partial charge in [0.25, 0.3) is 0 Å². The Bertz CT molecular complexity index is 334. The predicted molar refractivity (Wildman–Crippen MR) is 38.5 cm³/mol. The van der Waals surface area contributed by atoms with Crippen molar-refractivity contribution in [3.63, 3.8) is 0 Å². The number of carbonyl (C=O) groups is 1. The van der Waals surface area contributed by atoms with Crippen molar-refractivity contribution in [2.45, 2.75) is 13.1 Å². The highest BCUT2D eigenvalue weighted by atomic mass is 19.4. The van der Waals surface area contributed by atoms with Crippen LogP contribution in [0.5, 0.6) is 5.75 Å². The number of nitrogens with zero attached hydrogens (tertiary/aromatic N) is 2. The molecule has 0 radical (unpaired) electrons. The first-order chi connectivity index (χ1) is 6.39. The van der Waals surface area contributed by atoms with Crippen molar-refractivity contribution in [3.05, 3.63) is 18.2 Å². The number of esters is 1. The van der Waals surface area contributed by atoms with E-state index >= 15 is 0 Å². The number of hydrogen-bond acceptors (Lipinski definition) is 4. The van der Waals surface area contributed by atoms with Crippen molar-refractivity contribution in [2.24, 2.45) is 0 Å². The highest BCUT2D eigenvalue weighted by molar-refractivity contribution is 5.77. The molecule has 4 nitrogen and oxygen atoms in total. The van der Waals surface area contributed by atoms with Gasteiger partial charge >= 0.3 is 12.1 Å². The van der Waals surface area contributed by atoms with E-state index < -0.39 is 12.1 Å². The molecule has 1 heterocycles. The van der Waals surface area contributed by atoms with Crippen LogP contribution < -0.4 is 4.74 Å². The number of hydrogen-bond donors (Lipinski definition) is 0. The van der Waals surface area contributed by atoms with Gasteiger partial charge in [-0.05, 0) is 6.92 Å². The highest BCUT2D eigenvalue weighted by Crippen LogP contribution is 2.18. The SMILES string of the molecule is Cc1ncc(OC(=O)C(F)(F)F)cn1. The van der Waals surface area contributed by atoms with Crippen molar-refractivity contribution >= 4 is 5.97 Å². The molecule has 7 heteroatoms. The Labute approximate surface area is 76.7 Å². The van der Waals surface area contributed by atoms with Crippen LogP contribution in [0.25, 0.3) is 0 Å². The average molecular weight is 206 g/mol. The number of aryl methyl sites for hydroxylation is 1. The molecule has 0 spiro atoms. The molecule has 0 saturated heterocycles. The Morgan fingerprint density at radius 2 is 1.86 bits per heavy atom. The third-order valence-electron chi connectivity index (χ3n) is 1.20. The summed E-state index contributed by atoms with van der Waals surface area (Å²) in [6.07, 6.45) is -3.02. The van der Waals surface area contributed by atoms with E-state index in [2.05, 4.69) is 14.7 Å². The van der Waals surface area contributed by atoms with E-state index in [1.54, 1.807) is 6.92 Å². The van der Waals surface area contributed by atoms with Gasteiger partial charge in [-0.1, -0.05) is 0 Å². The lowest BCUT2D eigenvalue weighted by molar-refractivity contribution is -0.189. The maximum Gasteiger partial charge on any atom is 0.491 e. The molecule has 14 heavy (non-hydrogen) atoms. The van der Waals surface area contributed by atoms with Gasteiger partial charge in [0.2, 0.25) is 0 Å². The minimum absolute atomic E-state index is 0.335. The Morgan fingerprint density at radius 1 is 1.36 bits per heavy atom. The Morgan fingerprint density at radius 3 is 2.29 bits per heavy atom. The number of alkyl halides is 3. The van der Waals surface area contributed by atoms with Crippen LogP contribution in [0, 0.1) is 6.92 Å². The monoisotopic (exact) mass is 206 g/mol. The van der Waals surface area contributed by atoms with E-state index in [-0.39, 0.29) is 5.75 Å². The summed E-state index contributed by atoms with van der Waals surface area (Å²) in [6, 6.07) is 0. The second-order valence-electron chi connectivity index (χ2n) is 2.35. The maximum atomic E-state index is 11.7. The van der Waals surface area contributed by atoms with Crippen LogP contribution >= 0.6 is 0 Å². The van der Waals surface area contributed by atoms with Crippen molar-refractivity contribution in [1.29, 1.82) is 0 Å². The van der Waals surface area contributed by atoms with Gasteiger partial charge < -0.3 is 4.74 Å². The molecule has 0 N–H and O–H groups in total. The van der Waals surface area contributed by atoms with Gasteiger partial charge in [0.1, 0.15) is 5.82 Å². The van der Waals surface area contributed by atoms with Gasteiger partial charge in [-0.25, -0.2) is 14.8 Å². The first kappa shape index (κ1) is 10.4. The lowest BCUT2D eigenvalue weighted by Crippen LogP contribution is -2.28. The summed E-state index contributed by atoms with van der Waals surface area (Å²) in [5.74, 6) is -2.25. The number of rotatable bonds is 1. The molecule has 1 rings (SSSR count). The van der Waals surface area contributed by atoms with E-state index in [0.29, 0.717) is 5.82 Å². The molecule has 0 amide bonds. The van der Waals surface area contributed by atoms with E-state index in [0.717, 1.165) is 12.4 Å². The van der Waals surface area contributed by atoms with Gasteiger partial charge in [-0.2, -0.15) is 13.2 Å². The molecule has 0 aromatic carbocycles. The van der Waals surface area contributed by atoms with Crippen LogP contribution in [0.4, 0.5) is 13.2 Å². The second kappa shape index (κ2) is 3.60. The zero-order chi connectivity index (χ0) is 10.8. The lowest BCUT2D eigenvalue weighted by atomic mass is 10.5. The van der Waals surface area contributed by atoms with Crippen LogP contribution in [-0.2, 0) is 4.79 Å². The van der Waals surface area contributed by atoms with Gasteiger partial charge in [0.05, 0.1) is 12.4 Å². The second-order valence-corrected chi connectivity index (χ2v) is 2.35. The van der Waals surface area contributed by atoms with Crippen molar-refractivity contribution in [1.82, 2.24) is 9.97 Å². The standard InChI is InChI=1S/C7H5F3N2O2/c1-4-11-2-5(3-12-4)14-6(13)7(8,9)10/h2-3H,1H3. The summed E-state index contributed by atoms with van der Waals surface area (Å²) < 4.78 is 39.0. The fraction of sp³-hybridized carbons (Fsp3) is 0.286. The molecule has 1 aromatic rings. The normalized spacial score (nSPS) is 11.1. The van der Waals surface area contributed by atoms with E-state index in [4.69, 9.17) is 0 Å². The Balaban J connectivity index is 2.71. The first-order valence-electron chi connectivity index (χ1n) is 3.47. The highest BCUT2D eigenvalue weighted by Gasteiger charge is 2.41. The first-order valence-corrected chi connectivity index (χ1v) is 3.47. The van der Waals surface area contributed by atoms with Crippen molar-refractivity contribution < 1.29 is 22.7 Å². The van der Waals surface area contributed by atoms with Gasteiger partial charge in [-0.15, -0.1) is 0 Å². The molecule has 1 aromatic heterocycles. The molecule has 0 fully saturated rings. The largest absolute Gasteiger partial charge is 0.491 e. The Kier molecular flexibility index (Phi) is 2.68. The van der Waals surface area contributed by atoms with E-state index in [1.165, 1.54) is 0 Å². The summed E-state index contributed by atoms with van der Waals surface area (Å²) in [6.45, 7) is 1.55. The van der Waals surface area contributed by atoms with Crippen molar-refractivity contribution in [2.75, 3.05) is 0 Å². The molecular weight excluding hydrogens is 201 g/mol. The van der Waals surface area contributed by atoms with Crippen LogP contribution in [0.1, 0.15) is 5.82 Å². The molecule has 0 aliphatic rings. The summed E-state index contributed by atoms with van der Waals surface area (Å²) in [5, 5.41) is 0. The minimum Gasteiger partial charge on any atom is -0.417 e. The average Bonchev–Trinajstić information content (AvgIpc) is 2.07.